The molecule has 0 radical (unpaired) electrons. The fraction of sp³-hybridized carbons (Fsp3) is 0.167. The number of amides is 3. The van der Waals surface area contributed by atoms with E-state index in [-0.39, 0.29) is 35.2 Å². The first-order chi connectivity index (χ1) is 17.9. The third-order valence-corrected chi connectivity index (χ3v) is 5.47. The van der Waals surface area contributed by atoms with Crippen LogP contribution in [0, 0.1) is 5.82 Å². The Balaban J connectivity index is 1.21. The topological polar surface area (TPSA) is 147 Å². The standard InChI is InChI=1S/C24H21FN8O4/c25-19-10-15(28-23(35)20-14-33(31-30-20)16-2-1-7-26-12-16)3-4-21(19)37-18-5-8-27-22(11-18)29-24(36)32-9-6-17(34)13-32/h1-5,7-8,10-12,14,17,34H,6,9,13H2,(H,28,35)(H,27,29,36). The predicted molar refractivity (Wildman–Crippen MR) is 129 cm³/mol. The van der Waals surface area contributed by atoms with Crippen LogP contribution in [-0.4, -0.2) is 66.1 Å². The van der Waals surface area contributed by atoms with Gasteiger partial charge in [-0.15, -0.1) is 5.10 Å². The minimum absolute atomic E-state index is 0.0411. The summed E-state index contributed by atoms with van der Waals surface area (Å²) in [6.07, 6.45) is 6.02. The van der Waals surface area contributed by atoms with Gasteiger partial charge in [-0.05, 0) is 36.8 Å². The number of nitrogens with one attached hydrogen (secondary N) is 2. The van der Waals surface area contributed by atoms with Crippen molar-refractivity contribution in [3.63, 3.8) is 0 Å². The van der Waals surface area contributed by atoms with E-state index in [2.05, 4.69) is 30.9 Å². The maximum atomic E-state index is 14.7. The van der Waals surface area contributed by atoms with E-state index in [1.54, 1.807) is 24.5 Å². The monoisotopic (exact) mass is 504 g/mol. The Labute approximate surface area is 209 Å². The highest BCUT2D eigenvalue weighted by Crippen LogP contribution is 2.28. The summed E-state index contributed by atoms with van der Waals surface area (Å²) in [5.41, 5.74) is 0.871. The largest absolute Gasteiger partial charge is 0.454 e. The normalized spacial score (nSPS) is 14.9. The third-order valence-electron chi connectivity index (χ3n) is 5.47. The van der Waals surface area contributed by atoms with Gasteiger partial charge in [-0.2, -0.15) is 0 Å². The van der Waals surface area contributed by atoms with Crippen LogP contribution in [0.3, 0.4) is 0 Å². The maximum absolute atomic E-state index is 14.7. The summed E-state index contributed by atoms with van der Waals surface area (Å²) >= 11 is 0. The molecular weight excluding hydrogens is 483 g/mol. The zero-order chi connectivity index (χ0) is 25.8. The molecule has 1 saturated heterocycles. The summed E-state index contributed by atoms with van der Waals surface area (Å²) in [7, 11) is 0. The molecule has 188 valence electrons. The molecule has 0 spiro atoms. The van der Waals surface area contributed by atoms with Gasteiger partial charge in [0.1, 0.15) is 11.6 Å². The molecule has 1 aliphatic heterocycles. The molecule has 12 nitrogen and oxygen atoms in total. The van der Waals surface area contributed by atoms with Gasteiger partial charge >= 0.3 is 6.03 Å². The number of aliphatic hydroxyl groups is 1. The molecule has 1 aromatic carbocycles. The lowest BCUT2D eigenvalue weighted by molar-refractivity contribution is 0.102. The summed E-state index contributed by atoms with van der Waals surface area (Å²) in [6, 6.07) is 10.0. The zero-order valence-electron chi connectivity index (χ0n) is 19.3. The van der Waals surface area contributed by atoms with E-state index in [1.165, 1.54) is 46.2 Å². The number of likely N-dealkylation sites (tertiary alicyclic amines) is 1. The van der Waals surface area contributed by atoms with Crippen molar-refractivity contribution >= 4 is 23.4 Å². The maximum Gasteiger partial charge on any atom is 0.323 e. The molecule has 37 heavy (non-hydrogen) atoms. The van der Waals surface area contributed by atoms with Gasteiger partial charge < -0.3 is 20.1 Å². The van der Waals surface area contributed by atoms with E-state index in [4.69, 9.17) is 4.74 Å². The second-order valence-corrected chi connectivity index (χ2v) is 8.16. The third kappa shape index (κ3) is 5.67. The molecule has 1 aliphatic rings. The van der Waals surface area contributed by atoms with Crippen LogP contribution in [0.5, 0.6) is 11.5 Å². The quantitative estimate of drug-likeness (QED) is 0.363. The zero-order valence-corrected chi connectivity index (χ0v) is 19.3. The molecule has 3 amide bonds. The molecule has 3 aromatic heterocycles. The highest BCUT2D eigenvalue weighted by molar-refractivity contribution is 6.02. The minimum atomic E-state index is -0.717. The van der Waals surface area contributed by atoms with Crippen molar-refractivity contribution in [2.45, 2.75) is 12.5 Å². The Hall–Kier alpha value is -4.91. The molecule has 1 fully saturated rings. The van der Waals surface area contributed by atoms with Crippen molar-refractivity contribution < 1.29 is 23.8 Å². The number of urea groups is 1. The lowest BCUT2D eigenvalue weighted by Gasteiger charge is -2.16. The van der Waals surface area contributed by atoms with Crippen LogP contribution in [0.4, 0.5) is 20.7 Å². The SMILES string of the molecule is O=C(Nc1ccc(Oc2ccnc(NC(=O)N3CCC(O)C3)c2)c(F)c1)c1cn(-c2cccnc2)nn1. The fourth-order valence-corrected chi connectivity index (χ4v) is 3.62. The van der Waals surface area contributed by atoms with E-state index >= 15 is 0 Å². The van der Waals surface area contributed by atoms with Gasteiger partial charge in [-0.1, -0.05) is 5.21 Å². The van der Waals surface area contributed by atoms with Gasteiger partial charge in [-0.3, -0.25) is 15.1 Å². The number of aromatic nitrogens is 5. The number of β-amino-alcohol motifs (C(OH)–C–C–N with tert-alkyl or cyclic N) is 1. The van der Waals surface area contributed by atoms with Crippen molar-refractivity contribution in [2.24, 2.45) is 0 Å². The molecule has 4 heterocycles. The minimum Gasteiger partial charge on any atom is -0.454 e. The van der Waals surface area contributed by atoms with Crippen molar-refractivity contribution in [3.8, 4) is 17.2 Å². The van der Waals surface area contributed by atoms with Crippen molar-refractivity contribution in [2.75, 3.05) is 23.7 Å². The summed E-state index contributed by atoms with van der Waals surface area (Å²) in [5.74, 6) is -0.915. The highest BCUT2D eigenvalue weighted by atomic mass is 19.1. The number of anilines is 2. The van der Waals surface area contributed by atoms with E-state index in [0.717, 1.165) is 6.07 Å². The van der Waals surface area contributed by atoms with Gasteiger partial charge in [0.2, 0.25) is 0 Å². The van der Waals surface area contributed by atoms with Gasteiger partial charge in [0.05, 0.1) is 24.2 Å². The van der Waals surface area contributed by atoms with Crippen molar-refractivity contribution in [1.82, 2.24) is 29.9 Å². The smallest absolute Gasteiger partial charge is 0.323 e. The van der Waals surface area contributed by atoms with Crippen LogP contribution in [0.1, 0.15) is 16.9 Å². The van der Waals surface area contributed by atoms with E-state index < -0.39 is 23.9 Å². The lowest BCUT2D eigenvalue weighted by atomic mass is 10.2. The number of hydrogen-bond donors (Lipinski definition) is 3. The average molecular weight is 504 g/mol. The van der Waals surface area contributed by atoms with E-state index in [1.807, 2.05) is 0 Å². The van der Waals surface area contributed by atoms with Crippen LogP contribution in [-0.2, 0) is 0 Å². The van der Waals surface area contributed by atoms with Crippen molar-refractivity contribution in [1.29, 1.82) is 0 Å². The number of carbonyl (C=O) groups excluding carboxylic acids is 2. The van der Waals surface area contributed by atoms with Crippen LogP contribution < -0.4 is 15.4 Å². The number of rotatable bonds is 6. The molecule has 0 aliphatic carbocycles. The number of pyridine rings is 2. The first-order valence-electron chi connectivity index (χ1n) is 11.3. The van der Waals surface area contributed by atoms with Crippen LogP contribution in [0.2, 0.25) is 0 Å². The lowest BCUT2D eigenvalue weighted by Crippen LogP contribution is -2.33. The number of benzene rings is 1. The van der Waals surface area contributed by atoms with Crippen LogP contribution in [0.15, 0.2) is 67.3 Å². The molecule has 13 heteroatoms. The van der Waals surface area contributed by atoms with Gasteiger partial charge in [0.15, 0.2) is 17.3 Å². The molecule has 3 N–H and O–H groups in total. The van der Waals surface area contributed by atoms with Gasteiger partial charge in [0.25, 0.3) is 5.91 Å². The first-order valence-corrected chi connectivity index (χ1v) is 11.3. The van der Waals surface area contributed by atoms with Crippen molar-refractivity contribution in [3.05, 3.63) is 78.8 Å². The van der Waals surface area contributed by atoms with Crippen LogP contribution in [0.25, 0.3) is 5.69 Å². The van der Waals surface area contributed by atoms with Gasteiger partial charge in [0, 0.05) is 43.3 Å². The first kappa shape index (κ1) is 23.8. The summed E-state index contributed by atoms with van der Waals surface area (Å²) in [5, 5.41) is 22.5. The number of ether oxygens (including phenoxy) is 1. The molecule has 0 saturated carbocycles. The number of halogens is 1. The molecule has 4 aromatic rings. The number of aliphatic hydroxyl groups excluding tert-OH is 1. The second kappa shape index (κ2) is 10.4. The average Bonchev–Trinajstić information content (AvgIpc) is 3.56. The Kier molecular flexibility index (Phi) is 6.68. The predicted octanol–water partition coefficient (Wildman–Crippen LogP) is 2.84. The summed E-state index contributed by atoms with van der Waals surface area (Å²) < 4.78 is 21.7. The fourth-order valence-electron chi connectivity index (χ4n) is 3.62. The highest BCUT2D eigenvalue weighted by Gasteiger charge is 2.24. The number of hydrogen-bond acceptors (Lipinski definition) is 8. The molecule has 1 unspecified atom stereocenters. The Bertz CT molecular complexity index is 1430. The Morgan fingerprint density at radius 3 is 2.78 bits per heavy atom. The molecule has 1 atom stereocenters. The molecule has 0 bridgehead atoms. The van der Waals surface area contributed by atoms with Gasteiger partial charge in [-0.25, -0.2) is 18.9 Å². The van der Waals surface area contributed by atoms with E-state index in [9.17, 15) is 19.1 Å². The second-order valence-electron chi connectivity index (χ2n) is 8.16. The van der Waals surface area contributed by atoms with E-state index in [0.29, 0.717) is 18.7 Å². The molecule has 5 rings (SSSR count). The Morgan fingerprint density at radius 1 is 1.14 bits per heavy atom. The summed E-state index contributed by atoms with van der Waals surface area (Å²) in [4.78, 5) is 34.4. The summed E-state index contributed by atoms with van der Waals surface area (Å²) in [6.45, 7) is 0.694. The Morgan fingerprint density at radius 2 is 2.03 bits per heavy atom. The number of nitrogens with zero attached hydrogens (tertiary/aromatic N) is 6. The molecular formula is C24H21FN8O4. The number of carbonyl (C=O) groups is 2. The van der Waals surface area contributed by atoms with Crippen LogP contribution >= 0.6 is 0 Å².